The Kier molecular flexibility index (Phi) is 11.0. The van der Waals surface area contributed by atoms with Gasteiger partial charge in [0.05, 0.1) is 18.8 Å². The van der Waals surface area contributed by atoms with Crippen LogP contribution >= 0.6 is 7.82 Å². The van der Waals surface area contributed by atoms with Crippen LogP contribution in [0.3, 0.4) is 0 Å². The quantitative estimate of drug-likeness (QED) is 0.299. The van der Waals surface area contributed by atoms with Crippen LogP contribution in [0, 0.1) is 12.0 Å². The third kappa shape index (κ3) is 8.59. The second kappa shape index (κ2) is 11.5. The van der Waals surface area contributed by atoms with Crippen LogP contribution < -0.4 is 4.89 Å². The van der Waals surface area contributed by atoms with Crippen molar-refractivity contribution >= 4 is 7.82 Å². The standard InChI is InChI=1S/C19H36O8P.W/c1-12(2)23-11-19(20)9-14(5)7-18(19)27-28(21,22)24-10-17-16(25-13(3)4)8-15(6)26-17;/h12-16,18,20H,7-11H2,1-6H3,(H,21,22);/q-1;/p-1/t14-,15-,16+,18+,19-;/m0./s1. The third-order valence-corrected chi connectivity index (χ3v) is 5.86. The fourth-order valence-corrected chi connectivity index (χ4v) is 4.68. The Labute approximate surface area is 188 Å². The van der Waals surface area contributed by atoms with E-state index in [-0.39, 0.29) is 64.6 Å². The molecule has 2 fully saturated rings. The summed E-state index contributed by atoms with van der Waals surface area (Å²) in [6.45, 7) is 11.1. The van der Waals surface area contributed by atoms with Crippen molar-refractivity contribution in [3.05, 3.63) is 6.10 Å². The Morgan fingerprint density at radius 3 is 2.48 bits per heavy atom. The summed E-state index contributed by atoms with van der Waals surface area (Å²) in [5, 5.41) is 10.9. The number of ether oxygens (including phenoxy) is 3. The zero-order valence-corrected chi connectivity index (χ0v) is 22.0. The van der Waals surface area contributed by atoms with Crippen LogP contribution in [0.2, 0.25) is 0 Å². The molecule has 0 amide bonds. The number of hydrogen-bond donors (Lipinski definition) is 1. The molecule has 1 unspecified atom stereocenters. The number of phosphoric acid groups is 1. The van der Waals surface area contributed by atoms with Gasteiger partial charge in [-0.1, -0.05) is 6.92 Å². The van der Waals surface area contributed by atoms with Gasteiger partial charge < -0.3 is 33.3 Å². The van der Waals surface area contributed by atoms with Crippen LogP contribution in [-0.2, 0) is 48.9 Å². The van der Waals surface area contributed by atoms with E-state index in [2.05, 4.69) is 0 Å². The van der Waals surface area contributed by atoms with Crippen molar-refractivity contribution in [1.82, 2.24) is 0 Å². The first-order chi connectivity index (χ1) is 12.9. The molecule has 10 heteroatoms. The van der Waals surface area contributed by atoms with E-state index < -0.39 is 19.5 Å². The Morgan fingerprint density at radius 2 is 1.90 bits per heavy atom. The number of rotatable bonds is 10. The molecular weight excluding hydrogens is 571 g/mol. The van der Waals surface area contributed by atoms with Crippen molar-refractivity contribution in [1.29, 1.82) is 0 Å². The molecule has 0 bridgehead atoms. The Balaban J connectivity index is 0.00000420. The maximum absolute atomic E-state index is 12.4. The maximum Gasteiger partial charge on any atom is 0.265 e. The molecule has 0 radical (unpaired) electrons. The van der Waals surface area contributed by atoms with Gasteiger partial charge in [0.15, 0.2) is 0 Å². The number of hydrogen-bond acceptors (Lipinski definition) is 8. The van der Waals surface area contributed by atoms with E-state index in [0.29, 0.717) is 25.4 Å². The van der Waals surface area contributed by atoms with Crippen molar-refractivity contribution in [2.75, 3.05) is 13.2 Å². The first-order valence-electron chi connectivity index (χ1n) is 10.1. The summed E-state index contributed by atoms with van der Waals surface area (Å²) < 4.78 is 39.7. The van der Waals surface area contributed by atoms with Gasteiger partial charge in [-0.05, 0) is 72.5 Å². The zero-order chi connectivity index (χ0) is 21.1. The molecule has 1 heterocycles. The fourth-order valence-electron chi connectivity index (χ4n) is 3.74. The summed E-state index contributed by atoms with van der Waals surface area (Å²) in [5.74, 6) is 0.114. The Morgan fingerprint density at radius 1 is 1.24 bits per heavy atom. The van der Waals surface area contributed by atoms with Crippen LogP contribution in [0.5, 0.6) is 0 Å². The van der Waals surface area contributed by atoms with E-state index >= 15 is 0 Å². The first-order valence-corrected chi connectivity index (χ1v) is 11.5. The van der Waals surface area contributed by atoms with Gasteiger partial charge in [-0.25, -0.2) is 0 Å². The SMILES string of the molecule is CC(C)OC[C@@]1(O)C[C@@H](C)C[C@H]1OP(=O)([O-])OC[C-]1O[C@@H](C)C[C@H]1OC(C)C.[W]. The van der Waals surface area contributed by atoms with Crippen molar-refractivity contribution in [2.45, 2.75) is 96.9 Å². The average Bonchev–Trinajstić information content (AvgIpc) is 3.02. The molecule has 172 valence electrons. The van der Waals surface area contributed by atoms with Crippen LogP contribution in [0.25, 0.3) is 0 Å². The van der Waals surface area contributed by atoms with Gasteiger partial charge in [-0.3, -0.25) is 4.57 Å². The topological polar surface area (TPSA) is 107 Å². The molecule has 1 aliphatic heterocycles. The maximum atomic E-state index is 12.4. The van der Waals surface area contributed by atoms with Crippen LogP contribution in [0.1, 0.15) is 60.8 Å². The monoisotopic (exact) mass is 606 g/mol. The third-order valence-electron chi connectivity index (χ3n) is 4.90. The molecule has 0 spiro atoms. The minimum atomic E-state index is -4.65. The van der Waals surface area contributed by atoms with Gasteiger partial charge in [-0.15, -0.1) is 6.10 Å². The second-order valence-electron chi connectivity index (χ2n) is 8.63. The van der Waals surface area contributed by atoms with Crippen molar-refractivity contribution in [3.63, 3.8) is 0 Å². The fraction of sp³-hybridized carbons (Fsp3) is 0.947. The zero-order valence-electron chi connectivity index (χ0n) is 18.2. The molecule has 6 atom stereocenters. The number of aliphatic hydroxyl groups is 1. The summed E-state index contributed by atoms with van der Waals surface area (Å²) in [5.41, 5.74) is -1.36. The summed E-state index contributed by atoms with van der Waals surface area (Å²) in [6, 6.07) is 0. The molecular formula is C19H35O8PW-2. The molecule has 2 aliphatic rings. The molecule has 1 saturated carbocycles. The molecule has 29 heavy (non-hydrogen) atoms. The molecule has 1 aliphatic carbocycles. The van der Waals surface area contributed by atoms with Crippen LogP contribution in [-0.4, -0.2) is 54.4 Å². The van der Waals surface area contributed by atoms with Crippen molar-refractivity contribution < 1.29 is 58.9 Å². The molecule has 1 saturated heterocycles. The van der Waals surface area contributed by atoms with Crippen molar-refractivity contribution in [2.24, 2.45) is 5.92 Å². The summed E-state index contributed by atoms with van der Waals surface area (Å²) in [4.78, 5) is 12.4. The minimum absolute atomic E-state index is 0. The smallest absolute Gasteiger partial charge is 0.265 e. The normalized spacial score (nSPS) is 35.2. The van der Waals surface area contributed by atoms with E-state index in [0.717, 1.165) is 0 Å². The van der Waals surface area contributed by atoms with E-state index in [1.54, 1.807) is 0 Å². The molecule has 8 nitrogen and oxygen atoms in total. The average molecular weight is 606 g/mol. The molecule has 1 N–H and O–H groups in total. The van der Waals surface area contributed by atoms with E-state index in [4.69, 9.17) is 23.3 Å². The largest absolute Gasteiger partial charge is 0.756 e. The van der Waals surface area contributed by atoms with E-state index in [1.807, 2.05) is 41.5 Å². The predicted octanol–water partition coefficient (Wildman–Crippen LogP) is 2.57. The Hall–Kier alpha value is 0.638. The van der Waals surface area contributed by atoms with Gasteiger partial charge >= 0.3 is 0 Å². The predicted molar refractivity (Wildman–Crippen MR) is 101 cm³/mol. The van der Waals surface area contributed by atoms with E-state index in [9.17, 15) is 14.6 Å². The van der Waals surface area contributed by atoms with Gasteiger partial charge in [-0.2, -0.15) is 0 Å². The van der Waals surface area contributed by atoms with Gasteiger partial charge in [0, 0.05) is 33.3 Å². The summed E-state index contributed by atoms with van der Waals surface area (Å²) in [7, 11) is -4.65. The van der Waals surface area contributed by atoms with Crippen LogP contribution in [0.15, 0.2) is 0 Å². The molecule has 0 aromatic carbocycles. The molecule has 2 rings (SSSR count). The Bertz CT molecular complexity index is 548. The summed E-state index contributed by atoms with van der Waals surface area (Å²) >= 11 is 0. The van der Waals surface area contributed by atoms with Crippen LogP contribution in [0.4, 0.5) is 0 Å². The first kappa shape index (κ1) is 27.7. The second-order valence-corrected chi connectivity index (χ2v) is 9.99. The van der Waals surface area contributed by atoms with Gasteiger partial charge in [0.2, 0.25) is 0 Å². The van der Waals surface area contributed by atoms with Gasteiger partial charge in [0.1, 0.15) is 5.60 Å². The van der Waals surface area contributed by atoms with Gasteiger partial charge in [0.25, 0.3) is 7.82 Å². The minimum Gasteiger partial charge on any atom is -0.756 e. The van der Waals surface area contributed by atoms with Crippen molar-refractivity contribution in [3.8, 4) is 0 Å². The number of phosphoric ester groups is 1. The van der Waals surface area contributed by atoms with E-state index in [1.165, 1.54) is 0 Å². The molecule has 0 aromatic rings. The molecule has 0 aromatic heterocycles. The summed E-state index contributed by atoms with van der Waals surface area (Å²) in [6.07, 6.45) is 0.546.